The van der Waals surface area contributed by atoms with E-state index in [4.69, 9.17) is 15.2 Å². The smallest absolute Gasteiger partial charge is 0.253 e. The predicted octanol–water partition coefficient (Wildman–Crippen LogP) is 1.67. The fraction of sp³-hybridized carbons (Fsp3) is 0.364. The molecule has 96 valence electrons. The highest BCUT2D eigenvalue weighted by Gasteiger charge is 2.11. The third kappa shape index (κ3) is 4.13. The minimum atomic E-state index is -0.497. The normalized spacial score (nSPS) is 11.2. The fourth-order valence-electron chi connectivity index (χ4n) is 1.16. The van der Waals surface area contributed by atoms with Crippen molar-refractivity contribution in [2.45, 2.75) is 13.0 Å². The second-order valence-corrected chi connectivity index (χ2v) is 3.32. The highest BCUT2D eigenvalue weighted by molar-refractivity contribution is 5.94. The molecule has 1 unspecified atom stereocenters. The molecule has 5 nitrogen and oxygen atoms in total. The number of ether oxygens (including phenoxy) is 2. The topological polar surface area (TPSA) is 73.6 Å². The minimum absolute atomic E-state index is 0. The lowest BCUT2D eigenvalue weighted by Gasteiger charge is -2.11. The Hall–Kier alpha value is -1.46. The average molecular weight is 261 g/mol. The summed E-state index contributed by atoms with van der Waals surface area (Å²) in [6.07, 6.45) is -0.497. The van der Waals surface area contributed by atoms with Gasteiger partial charge >= 0.3 is 0 Å². The van der Waals surface area contributed by atoms with Crippen molar-refractivity contribution < 1.29 is 14.3 Å². The lowest BCUT2D eigenvalue weighted by atomic mass is 10.2. The van der Waals surface area contributed by atoms with Gasteiger partial charge in [0.05, 0.1) is 12.8 Å². The molecule has 0 saturated heterocycles. The van der Waals surface area contributed by atoms with E-state index < -0.39 is 6.10 Å². The quantitative estimate of drug-likeness (QED) is 0.808. The van der Waals surface area contributed by atoms with Crippen molar-refractivity contribution >= 4 is 29.7 Å². The summed E-state index contributed by atoms with van der Waals surface area (Å²) in [5, 5.41) is 2.69. The van der Waals surface area contributed by atoms with Crippen molar-refractivity contribution in [2.75, 3.05) is 25.3 Å². The Morgan fingerprint density at radius 2 is 2.06 bits per heavy atom. The lowest BCUT2D eigenvalue weighted by molar-refractivity contribution is -0.124. The van der Waals surface area contributed by atoms with E-state index >= 15 is 0 Å². The van der Waals surface area contributed by atoms with Gasteiger partial charge in [-0.1, -0.05) is 0 Å². The van der Waals surface area contributed by atoms with Crippen LogP contribution in [0.25, 0.3) is 0 Å². The standard InChI is InChI=1S/C11H16N2O3.ClH/c1-7(15-2)11(14)13-8-4-5-10(16-3)9(12)6-8;/h4-7H,12H2,1-3H3,(H,13,14);1H. The molecule has 1 amide bonds. The van der Waals surface area contributed by atoms with Gasteiger partial charge in [0.15, 0.2) is 0 Å². The molecule has 0 aromatic heterocycles. The Bertz CT molecular complexity index is 385. The Morgan fingerprint density at radius 1 is 1.41 bits per heavy atom. The number of methoxy groups -OCH3 is 2. The van der Waals surface area contributed by atoms with Gasteiger partial charge in [-0.25, -0.2) is 0 Å². The number of nitrogen functional groups attached to an aromatic ring is 1. The first kappa shape index (κ1) is 15.5. The molecule has 1 rings (SSSR count). The van der Waals surface area contributed by atoms with Crippen molar-refractivity contribution in [1.82, 2.24) is 0 Å². The molecule has 1 aromatic rings. The first-order valence-corrected chi connectivity index (χ1v) is 4.85. The van der Waals surface area contributed by atoms with Crippen molar-refractivity contribution in [3.8, 4) is 5.75 Å². The van der Waals surface area contributed by atoms with Crippen LogP contribution in [0.2, 0.25) is 0 Å². The molecule has 0 radical (unpaired) electrons. The van der Waals surface area contributed by atoms with Crippen molar-refractivity contribution in [3.63, 3.8) is 0 Å². The number of nitrogens with one attached hydrogen (secondary N) is 1. The number of nitrogens with two attached hydrogens (primary N) is 1. The molecule has 0 aliphatic heterocycles. The number of carbonyl (C=O) groups excluding carboxylic acids is 1. The summed E-state index contributed by atoms with van der Waals surface area (Å²) >= 11 is 0. The zero-order chi connectivity index (χ0) is 12.1. The van der Waals surface area contributed by atoms with Crippen LogP contribution >= 0.6 is 12.4 Å². The zero-order valence-electron chi connectivity index (χ0n) is 10.0. The number of hydrogen-bond acceptors (Lipinski definition) is 4. The Balaban J connectivity index is 0.00000256. The summed E-state index contributed by atoms with van der Waals surface area (Å²) in [6.45, 7) is 1.67. The summed E-state index contributed by atoms with van der Waals surface area (Å²) in [6, 6.07) is 5.05. The number of rotatable bonds is 4. The second kappa shape index (κ2) is 6.98. The summed E-state index contributed by atoms with van der Waals surface area (Å²) in [5.41, 5.74) is 6.80. The molecule has 0 aliphatic rings. The largest absolute Gasteiger partial charge is 0.495 e. The fourth-order valence-corrected chi connectivity index (χ4v) is 1.16. The summed E-state index contributed by atoms with van der Waals surface area (Å²) in [5.74, 6) is 0.366. The van der Waals surface area contributed by atoms with Gasteiger partial charge in [0.1, 0.15) is 11.9 Å². The molecule has 0 aliphatic carbocycles. The van der Waals surface area contributed by atoms with E-state index in [1.807, 2.05) is 0 Å². The van der Waals surface area contributed by atoms with E-state index in [0.29, 0.717) is 17.1 Å². The van der Waals surface area contributed by atoms with E-state index in [1.165, 1.54) is 14.2 Å². The summed E-state index contributed by atoms with van der Waals surface area (Å²) in [7, 11) is 3.02. The molecule has 1 aromatic carbocycles. The van der Waals surface area contributed by atoms with E-state index in [9.17, 15) is 4.79 Å². The maximum absolute atomic E-state index is 11.5. The number of benzene rings is 1. The highest BCUT2D eigenvalue weighted by atomic mass is 35.5. The SMILES string of the molecule is COc1ccc(NC(=O)C(C)OC)cc1N.Cl. The molecule has 1 atom stereocenters. The van der Waals surface area contributed by atoms with Crippen LogP contribution < -0.4 is 15.8 Å². The summed E-state index contributed by atoms with van der Waals surface area (Å²) in [4.78, 5) is 11.5. The van der Waals surface area contributed by atoms with Crippen LogP contribution in [0.5, 0.6) is 5.75 Å². The Morgan fingerprint density at radius 3 is 2.53 bits per heavy atom. The Kier molecular flexibility index (Phi) is 6.38. The van der Waals surface area contributed by atoms with Gasteiger partial charge in [-0.2, -0.15) is 0 Å². The third-order valence-corrected chi connectivity index (χ3v) is 2.22. The van der Waals surface area contributed by atoms with E-state index in [0.717, 1.165) is 0 Å². The molecule has 3 N–H and O–H groups in total. The molecular weight excluding hydrogens is 244 g/mol. The molecule has 6 heteroatoms. The maximum atomic E-state index is 11.5. The van der Waals surface area contributed by atoms with E-state index in [2.05, 4.69) is 5.32 Å². The van der Waals surface area contributed by atoms with Gasteiger partial charge in [-0.05, 0) is 25.1 Å². The van der Waals surface area contributed by atoms with Crippen molar-refractivity contribution in [1.29, 1.82) is 0 Å². The van der Waals surface area contributed by atoms with E-state index in [1.54, 1.807) is 25.1 Å². The molecule has 0 saturated carbocycles. The number of anilines is 2. The van der Waals surface area contributed by atoms with Gasteiger partial charge in [0, 0.05) is 12.8 Å². The second-order valence-electron chi connectivity index (χ2n) is 3.32. The highest BCUT2D eigenvalue weighted by Crippen LogP contribution is 2.24. The molecule has 0 fully saturated rings. The Labute approximate surface area is 107 Å². The molecule has 0 bridgehead atoms. The third-order valence-electron chi connectivity index (χ3n) is 2.22. The van der Waals surface area contributed by atoms with Gasteiger partial charge in [-0.3, -0.25) is 4.79 Å². The molecule has 0 heterocycles. The van der Waals surface area contributed by atoms with Crippen molar-refractivity contribution in [3.05, 3.63) is 18.2 Å². The average Bonchev–Trinajstić information content (AvgIpc) is 2.28. The number of amides is 1. The molecular formula is C11H17ClN2O3. The maximum Gasteiger partial charge on any atom is 0.253 e. The first-order chi connectivity index (χ1) is 7.58. The van der Waals surface area contributed by atoms with E-state index in [-0.39, 0.29) is 18.3 Å². The van der Waals surface area contributed by atoms with Crippen LogP contribution in [0, 0.1) is 0 Å². The van der Waals surface area contributed by atoms with Crippen LogP contribution in [0.1, 0.15) is 6.92 Å². The summed E-state index contributed by atoms with van der Waals surface area (Å²) < 4.78 is 9.90. The van der Waals surface area contributed by atoms with Crippen LogP contribution in [-0.4, -0.2) is 26.2 Å². The van der Waals surface area contributed by atoms with Crippen LogP contribution in [-0.2, 0) is 9.53 Å². The van der Waals surface area contributed by atoms with Gasteiger partial charge < -0.3 is 20.5 Å². The van der Waals surface area contributed by atoms with Gasteiger partial charge in [-0.15, -0.1) is 12.4 Å². The van der Waals surface area contributed by atoms with Gasteiger partial charge in [0.2, 0.25) is 0 Å². The van der Waals surface area contributed by atoms with Crippen molar-refractivity contribution in [2.24, 2.45) is 0 Å². The van der Waals surface area contributed by atoms with Crippen LogP contribution in [0.3, 0.4) is 0 Å². The number of carbonyl (C=O) groups is 1. The number of hydrogen-bond donors (Lipinski definition) is 2. The van der Waals surface area contributed by atoms with Crippen LogP contribution in [0.15, 0.2) is 18.2 Å². The molecule has 17 heavy (non-hydrogen) atoms. The first-order valence-electron chi connectivity index (χ1n) is 4.85. The molecule has 0 spiro atoms. The predicted molar refractivity (Wildman–Crippen MR) is 69.8 cm³/mol. The van der Waals surface area contributed by atoms with Crippen LogP contribution in [0.4, 0.5) is 11.4 Å². The monoisotopic (exact) mass is 260 g/mol. The lowest BCUT2D eigenvalue weighted by Crippen LogP contribution is -2.26. The minimum Gasteiger partial charge on any atom is -0.495 e. The van der Waals surface area contributed by atoms with Gasteiger partial charge in [0.25, 0.3) is 5.91 Å². The number of halogens is 1. The zero-order valence-corrected chi connectivity index (χ0v) is 10.8.